The van der Waals surface area contributed by atoms with Gasteiger partial charge in [0, 0.05) is 6.54 Å². The summed E-state index contributed by atoms with van der Waals surface area (Å²) >= 11 is 0. The molecule has 0 radical (unpaired) electrons. The number of hydrogen-bond acceptors (Lipinski definition) is 2. The zero-order valence-corrected chi connectivity index (χ0v) is 10.7. The lowest BCUT2D eigenvalue weighted by molar-refractivity contribution is 0.0274. The molecule has 0 amide bonds. The highest BCUT2D eigenvalue weighted by Crippen LogP contribution is 2.33. The number of rotatable bonds is 4. The Labute approximate surface area is 104 Å². The first-order chi connectivity index (χ1) is 8.26. The van der Waals surface area contributed by atoms with Crippen molar-refractivity contribution in [1.29, 1.82) is 0 Å². The third-order valence-electron chi connectivity index (χ3n) is 3.65. The molecule has 17 heavy (non-hydrogen) atoms. The molecule has 94 valence electrons. The second-order valence-electron chi connectivity index (χ2n) is 5.07. The molecule has 2 nitrogen and oxygen atoms in total. The molecule has 0 fully saturated rings. The minimum Gasteiger partial charge on any atom is -0.384 e. The molecule has 0 spiro atoms. The molecule has 1 aliphatic rings. The first-order valence-electron chi connectivity index (χ1n) is 6.78. The lowest BCUT2D eigenvalue weighted by atomic mass is 9.88. The van der Waals surface area contributed by atoms with Gasteiger partial charge in [0.15, 0.2) is 0 Å². The van der Waals surface area contributed by atoms with Gasteiger partial charge in [0.25, 0.3) is 0 Å². The van der Waals surface area contributed by atoms with Gasteiger partial charge in [-0.25, -0.2) is 0 Å². The maximum absolute atomic E-state index is 10.9. The van der Waals surface area contributed by atoms with Gasteiger partial charge < -0.3 is 10.4 Å². The van der Waals surface area contributed by atoms with Gasteiger partial charge in [-0.3, -0.25) is 0 Å². The fourth-order valence-electron chi connectivity index (χ4n) is 2.72. The van der Waals surface area contributed by atoms with Crippen molar-refractivity contribution in [3.05, 3.63) is 35.4 Å². The Morgan fingerprint density at radius 2 is 2.12 bits per heavy atom. The maximum atomic E-state index is 10.9. The fourth-order valence-corrected chi connectivity index (χ4v) is 2.72. The van der Waals surface area contributed by atoms with Crippen molar-refractivity contribution in [2.75, 3.05) is 13.1 Å². The Balaban J connectivity index is 2.20. The molecule has 2 N–H and O–H groups in total. The number of nitrogens with one attached hydrogen (secondary N) is 1. The summed E-state index contributed by atoms with van der Waals surface area (Å²) in [6.07, 6.45) is 5.39. The Kier molecular flexibility index (Phi) is 4.19. The molecular formula is C15H23NO. The van der Waals surface area contributed by atoms with Crippen molar-refractivity contribution in [3.63, 3.8) is 0 Å². The van der Waals surface area contributed by atoms with Crippen LogP contribution >= 0.6 is 0 Å². The van der Waals surface area contributed by atoms with Crippen LogP contribution in [-0.4, -0.2) is 18.2 Å². The molecule has 2 heteroatoms. The number of aliphatic hydroxyl groups is 1. The van der Waals surface area contributed by atoms with Gasteiger partial charge in [0.1, 0.15) is 5.60 Å². The van der Waals surface area contributed by atoms with Crippen LogP contribution in [0.4, 0.5) is 0 Å². The van der Waals surface area contributed by atoms with Crippen LogP contribution < -0.4 is 5.32 Å². The average Bonchev–Trinajstić information content (AvgIpc) is 2.51. The predicted octanol–water partition coefficient (Wildman–Crippen LogP) is 2.60. The van der Waals surface area contributed by atoms with Crippen molar-refractivity contribution in [2.45, 2.75) is 44.6 Å². The lowest BCUT2D eigenvalue weighted by Gasteiger charge is -2.29. The van der Waals surface area contributed by atoms with Crippen LogP contribution in [0.25, 0.3) is 0 Å². The number of aryl methyl sites for hydroxylation is 1. The molecule has 0 heterocycles. The highest BCUT2D eigenvalue weighted by molar-refractivity contribution is 5.33. The van der Waals surface area contributed by atoms with Gasteiger partial charge in [-0.15, -0.1) is 0 Å². The fraction of sp³-hybridized carbons (Fsp3) is 0.600. The zero-order valence-electron chi connectivity index (χ0n) is 10.7. The van der Waals surface area contributed by atoms with Gasteiger partial charge in [-0.1, -0.05) is 31.2 Å². The lowest BCUT2D eigenvalue weighted by Crippen LogP contribution is -2.38. The standard InChI is InChI=1S/C15H23NO/c1-2-11-16-12-15(17)10-6-5-8-13-7-3-4-9-14(13)15/h3-4,7,9,16-17H,2,5-6,8,10-12H2,1H3. The number of benzene rings is 1. The Hall–Kier alpha value is -0.860. The van der Waals surface area contributed by atoms with Crippen LogP contribution in [0.1, 0.15) is 43.7 Å². The van der Waals surface area contributed by atoms with E-state index in [0.29, 0.717) is 6.54 Å². The average molecular weight is 233 g/mol. The molecule has 2 rings (SSSR count). The van der Waals surface area contributed by atoms with E-state index in [4.69, 9.17) is 0 Å². The normalized spacial score (nSPS) is 24.1. The van der Waals surface area contributed by atoms with Crippen LogP contribution in [0.2, 0.25) is 0 Å². The molecular weight excluding hydrogens is 210 g/mol. The smallest absolute Gasteiger partial charge is 0.102 e. The molecule has 0 saturated carbocycles. The van der Waals surface area contributed by atoms with E-state index in [1.165, 1.54) is 12.0 Å². The molecule has 0 aliphatic heterocycles. The van der Waals surface area contributed by atoms with Gasteiger partial charge in [0.2, 0.25) is 0 Å². The summed E-state index contributed by atoms with van der Waals surface area (Å²) in [5.41, 5.74) is 1.80. The summed E-state index contributed by atoms with van der Waals surface area (Å²) in [7, 11) is 0. The van der Waals surface area contributed by atoms with E-state index < -0.39 is 5.60 Å². The highest BCUT2D eigenvalue weighted by atomic mass is 16.3. The van der Waals surface area contributed by atoms with Crippen LogP contribution in [0.5, 0.6) is 0 Å². The monoisotopic (exact) mass is 233 g/mol. The minimum absolute atomic E-state index is 0.664. The molecule has 0 saturated heterocycles. The minimum atomic E-state index is -0.664. The van der Waals surface area contributed by atoms with E-state index in [1.54, 1.807) is 0 Å². The van der Waals surface area contributed by atoms with E-state index in [1.807, 2.05) is 6.07 Å². The van der Waals surface area contributed by atoms with Crippen molar-refractivity contribution in [2.24, 2.45) is 0 Å². The first-order valence-corrected chi connectivity index (χ1v) is 6.78. The summed E-state index contributed by atoms with van der Waals surface area (Å²) in [5.74, 6) is 0. The van der Waals surface area contributed by atoms with E-state index >= 15 is 0 Å². The molecule has 0 bridgehead atoms. The van der Waals surface area contributed by atoms with Gasteiger partial charge in [0.05, 0.1) is 0 Å². The third-order valence-corrected chi connectivity index (χ3v) is 3.65. The van der Waals surface area contributed by atoms with E-state index in [-0.39, 0.29) is 0 Å². The topological polar surface area (TPSA) is 32.3 Å². The van der Waals surface area contributed by atoms with E-state index in [9.17, 15) is 5.11 Å². The van der Waals surface area contributed by atoms with Crippen molar-refractivity contribution in [1.82, 2.24) is 5.32 Å². The van der Waals surface area contributed by atoms with E-state index in [2.05, 4.69) is 30.4 Å². The molecule has 1 aliphatic carbocycles. The van der Waals surface area contributed by atoms with Crippen molar-refractivity contribution < 1.29 is 5.11 Å². The Morgan fingerprint density at radius 1 is 1.29 bits per heavy atom. The molecule has 1 aromatic carbocycles. The molecule has 0 aromatic heterocycles. The third kappa shape index (κ3) is 2.88. The summed E-state index contributed by atoms with van der Waals surface area (Å²) < 4.78 is 0. The second kappa shape index (κ2) is 5.65. The first kappa shape index (κ1) is 12.6. The van der Waals surface area contributed by atoms with Gasteiger partial charge >= 0.3 is 0 Å². The Morgan fingerprint density at radius 3 is 2.94 bits per heavy atom. The SMILES string of the molecule is CCCNCC1(O)CCCCc2ccccc21. The van der Waals surface area contributed by atoms with E-state index in [0.717, 1.165) is 37.8 Å². The van der Waals surface area contributed by atoms with Crippen LogP contribution in [0.3, 0.4) is 0 Å². The quantitative estimate of drug-likeness (QED) is 0.619. The van der Waals surface area contributed by atoms with Gasteiger partial charge in [-0.05, 0) is 49.8 Å². The molecule has 1 atom stereocenters. The zero-order chi connectivity index (χ0) is 12.1. The predicted molar refractivity (Wildman–Crippen MR) is 71.1 cm³/mol. The highest BCUT2D eigenvalue weighted by Gasteiger charge is 2.32. The Bertz CT molecular complexity index is 364. The summed E-state index contributed by atoms with van der Waals surface area (Å²) in [6, 6.07) is 8.36. The second-order valence-corrected chi connectivity index (χ2v) is 5.07. The number of fused-ring (bicyclic) bond motifs is 1. The van der Waals surface area contributed by atoms with Crippen LogP contribution in [0.15, 0.2) is 24.3 Å². The maximum Gasteiger partial charge on any atom is 0.102 e. The van der Waals surface area contributed by atoms with Crippen molar-refractivity contribution in [3.8, 4) is 0 Å². The van der Waals surface area contributed by atoms with Crippen LogP contribution in [0, 0.1) is 0 Å². The van der Waals surface area contributed by atoms with Crippen molar-refractivity contribution >= 4 is 0 Å². The summed E-state index contributed by atoms with van der Waals surface area (Å²) in [4.78, 5) is 0. The molecule has 1 unspecified atom stereocenters. The van der Waals surface area contributed by atoms with Gasteiger partial charge in [-0.2, -0.15) is 0 Å². The summed E-state index contributed by atoms with van der Waals surface area (Å²) in [5, 5.41) is 14.2. The molecule has 1 aromatic rings. The summed E-state index contributed by atoms with van der Waals surface area (Å²) in [6.45, 7) is 3.81. The number of hydrogen-bond donors (Lipinski definition) is 2. The largest absolute Gasteiger partial charge is 0.384 e. The van der Waals surface area contributed by atoms with Crippen LogP contribution in [-0.2, 0) is 12.0 Å².